The summed E-state index contributed by atoms with van der Waals surface area (Å²) in [4.78, 5) is 13.1. The Morgan fingerprint density at radius 2 is 1.06 bits per heavy atom. The van der Waals surface area contributed by atoms with E-state index in [2.05, 4.69) is 155 Å². The Hall–Kier alpha value is -6.37. The minimum atomic E-state index is 0.633. The molecule has 0 aliphatic carbocycles. The van der Waals surface area contributed by atoms with E-state index in [9.17, 15) is 0 Å². The number of benzene rings is 7. The van der Waals surface area contributed by atoms with Gasteiger partial charge in [0, 0.05) is 58.7 Å². The average molecular weight is 657 g/mol. The zero-order chi connectivity index (χ0) is 32.5. The van der Waals surface area contributed by atoms with E-state index in [0.717, 1.165) is 88.0 Å². The second kappa shape index (κ2) is 9.62. The molecule has 4 aromatic heterocycles. The van der Waals surface area contributed by atoms with Gasteiger partial charge in [-0.2, -0.15) is 0 Å². The van der Waals surface area contributed by atoms with Gasteiger partial charge < -0.3 is 8.98 Å². The first-order chi connectivity index (χ1) is 24.8. The van der Waals surface area contributed by atoms with Gasteiger partial charge >= 0.3 is 0 Å². The fourth-order valence-corrected chi connectivity index (χ4v) is 9.34. The molecule has 0 saturated heterocycles. The highest BCUT2D eigenvalue weighted by molar-refractivity contribution is 7.99. The molecule has 5 nitrogen and oxygen atoms in total. The van der Waals surface area contributed by atoms with E-state index in [1.165, 1.54) is 15.2 Å². The molecule has 0 atom stereocenters. The third-order valence-corrected chi connectivity index (χ3v) is 11.5. The molecule has 12 rings (SSSR count). The summed E-state index contributed by atoms with van der Waals surface area (Å²) in [6.45, 7) is 0. The Morgan fingerprint density at radius 3 is 1.82 bits per heavy atom. The second-order valence-corrected chi connectivity index (χ2v) is 14.0. The lowest BCUT2D eigenvalue weighted by Gasteiger charge is -2.20. The highest BCUT2D eigenvalue weighted by atomic mass is 32.2. The lowest BCUT2D eigenvalue weighted by molar-refractivity contribution is 0.673. The normalized spacial score (nSPS) is 12.7. The molecule has 0 saturated carbocycles. The maximum Gasteiger partial charge on any atom is 0.235 e. The van der Waals surface area contributed by atoms with Crippen LogP contribution in [0, 0.1) is 0 Å². The monoisotopic (exact) mass is 656 g/mol. The van der Waals surface area contributed by atoms with E-state index >= 15 is 0 Å². The number of hydrogen-bond donors (Lipinski definition) is 0. The summed E-state index contributed by atoms with van der Waals surface area (Å²) in [5.74, 6) is 0.633. The van der Waals surface area contributed by atoms with Crippen LogP contribution in [0.2, 0.25) is 0 Å². The molecular formula is C44H24N4OS. The van der Waals surface area contributed by atoms with Crippen molar-refractivity contribution in [1.29, 1.82) is 0 Å². The van der Waals surface area contributed by atoms with Crippen LogP contribution in [0.25, 0.3) is 99.3 Å². The first kappa shape index (κ1) is 26.6. The zero-order valence-corrected chi connectivity index (χ0v) is 27.3. The Morgan fingerprint density at radius 1 is 0.460 bits per heavy atom. The molecule has 7 aromatic carbocycles. The fraction of sp³-hybridized carbons (Fsp3) is 0. The van der Waals surface area contributed by atoms with Crippen LogP contribution in [0.1, 0.15) is 0 Å². The van der Waals surface area contributed by atoms with Crippen LogP contribution in [-0.2, 0) is 0 Å². The van der Waals surface area contributed by atoms with Crippen molar-refractivity contribution in [2.45, 2.75) is 9.79 Å². The standard InChI is InChI=1S/C44H24N4OS/c1-2-11-25(12-3-1)47-34-17-7-4-13-26(34)28-21-23-30-31-24-22-29-27-14-5-8-18-35(27)48(41(29)43(31)49-42(30)40(28)47)44-45-33-16-10-20-37-38(33)39(46-44)32-15-6-9-19-36(32)50-37/h1-24H. The number of rotatable bonds is 2. The molecule has 1 aliphatic rings. The number of nitrogens with zero attached hydrogens (tertiary/aromatic N) is 4. The van der Waals surface area contributed by atoms with Gasteiger partial charge in [0.1, 0.15) is 5.52 Å². The average Bonchev–Trinajstić information content (AvgIpc) is 3.83. The molecule has 0 amide bonds. The number of furan rings is 1. The van der Waals surface area contributed by atoms with Gasteiger partial charge in [0.25, 0.3) is 0 Å². The minimum Gasteiger partial charge on any atom is -0.452 e. The van der Waals surface area contributed by atoms with Gasteiger partial charge in [-0.1, -0.05) is 103 Å². The van der Waals surface area contributed by atoms with E-state index in [4.69, 9.17) is 14.4 Å². The van der Waals surface area contributed by atoms with Gasteiger partial charge in [-0.25, -0.2) is 9.97 Å². The third kappa shape index (κ3) is 3.38. The van der Waals surface area contributed by atoms with Gasteiger partial charge in [0.05, 0.1) is 27.8 Å². The van der Waals surface area contributed by atoms with Gasteiger partial charge in [0.15, 0.2) is 11.2 Å². The first-order valence-electron chi connectivity index (χ1n) is 16.8. The van der Waals surface area contributed by atoms with Gasteiger partial charge in [0.2, 0.25) is 5.95 Å². The van der Waals surface area contributed by atoms with E-state index in [1.807, 2.05) is 0 Å². The Bertz CT molecular complexity index is 3240. The van der Waals surface area contributed by atoms with Gasteiger partial charge in [-0.3, -0.25) is 4.57 Å². The van der Waals surface area contributed by atoms with Crippen molar-refractivity contribution in [2.24, 2.45) is 0 Å². The molecule has 0 radical (unpaired) electrons. The van der Waals surface area contributed by atoms with Crippen LogP contribution in [-0.4, -0.2) is 19.1 Å². The third-order valence-electron chi connectivity index (χ3n) is 10.3. The molecule has 0 N–H and O–H groups in total. The van der Waals surface area contributed by atoms with E-state index < -0.39 is 0 Å². The summed E-state index contributed by atoms with van der Waals surface area (Å²) < 4.78 is 11.7. The number of aromatic nitrogens is 4. The summed E-state index contributed by atoms with van der Waals surface area (Å²) >= 11 is 1.79. The predicted octanol–water partition coefficient (Wildman–Crippen LogP) is 11.9. The summed E-state index contributed by atoms with van der Waals surface area (Å²) in [5, 5.41) is 7.85. The van der Waals surface area contributed by atoms with Crippen LogP contribution in [0.5, 0.6) is 0 Å². The summed E-state index contributed by atoms with van der Waals surface area (Å²) in [6.07, 6.45) is 0. The minimum absolute atomic E-state index is 0.633. The summed E-state index contributed by atoms with van der Waals surface area (Å²) in [7, 11) is 0. The number of hydrogen-bond acceptors (Lipinski definition) is 4. The van der Waals surface area contributed by atoms with Crippen molar-refractivity contribution < 1.29 is 4.42 Å². The van der Waals surface area contributed by atoms with Crippen molar-refractivity contribution in [3.05, 3.63) is 146 Å². The smallest absolute Gasteiger partial charge is 0.235 e. The molecule has 232 valence electrons. The van der Waals surface area contributed by atoms with Crippen molar-refractivity contribution >= 4 is 88.2 Å². The molecule has 5 heterocycles. The summed E-state index contributed by atoms with van der Waals surface area (Å²) in [6, 6.07) is 51.5. The van der Waals surface area contributed by atoms with E-state index in [1.54, 1.807) is 11.8 Å². The molecule has 0 fully saturated rings. The van der Waals surface area contributed by atoms with Crippen LogP contribution in [0.3, 0.4) is 0 Å². The lowest BCUT2D eigenvalue weighted by Crippen LogP contribution is -2.05. The van der Waals surface area contributed by atoms with E-state index in [-0.39, 0.29) is 0 Å². The quantitative estimate of drug-likeness (QED) is 0.186. The van der Waals surface area contributed by atoms with Gasteiger partial charge in [-0.05, 0) is 54.6 Å². The molecule has 1 aliphatic heterocycles. The van der Waals surface area contributed by atoms with Crippen LogP contribution >= 0.6 is 11.8 Å². The Kier molecular flexibility index (Phi) is 5.11. The molecule has 11 aromatic rings. The number of para-hydroxylation sites is 3. The van der Waals surface area contributed by atoms with Crippen molar-refractivity contribution in [3.8, 4) is 22.9 Å². The maximum absolute atomic E-state index is 7.19. The van der Waals surface area contributed by atoms with Crippen LogP contribution in [0.15, 0.2) is 160 Å². The molecular weight excluding hydrogens is 633 g/mol. The lowest BCUT2D eigenvalue weighted by atomic mass is 10.1. The van der Waals surface area contributed by atoms with E-state index in [0.29, 0.717) is 5.95 Å². The zero-order valence-electron chi connectivity index (χ0n) is 26.5. The highest BCUT2D eigenvalue weighted by Gasteiger charge is 2.26. The predicted molar refractivity (Wildman–Crippen MR) is 205 cm³/mol. The van der Waals surface area contributed by atoms with Crippen molar-refractivity contribution in [3.63, 3.8) is 0 Å². The number of fused-ring (bicyclic) bond motifs is 13. The molecule has 0 spiro atoms. The first-order valence-corrected chi connectivity index (χ1v) is 17.6. The van der Waals surface area contributed by atoms with Crippen LogP contribution < -0.4 is 0 Å². The Balaban J connectivity index is 1.24. The summed E-state index contributed by atoms with van der Waals surface area (Å²) in [5.41, 5.74) is 10.1. The molecule has 0 unspecified atom stereocenters. The maximum atomic E-state index is 7.19. The van der Waals surface area contributed by atoms with Crippen molar-refractivity contribution in [2.75, 3.05) is 0 Å². The highest BCUT2D eigenvalue weighted by Crippen LogP contribution is 2.48. The van der Waals surface area contributed by atoms with Crippen molar-refractivity contribution in [1.82, 2.24) is 19.1 Å². The molecule has 0 bridgehead atoms. The van der Waals surface area contributed by atoms with Gasteiger partial charge in [-0.15, -0.1) is 0 Å². The molecule has 6 heteroatoms. The molecule has 50 heavy (non-hydrogen) atoms. The fourth-order valence-electron chi connectivity index (χ4n) is 8.23. The SMILES string of the molecule is c1ccc(-n2c3ccccc3c3ccc4c5ccc6c7ccccc7n(-c7nc8c9c(cccc9n7)Sc7ccccc7-8)c6c5oc4c32)cc1. The largest absolute Gasteiger partial charge is 0.452 e. The second-order valence-electron chi connectivity index (χ2n) is 12.9. The van der Waals surface area contributed by atoms with Crippen LogP contribution in [0.4, 0.5) is 0 Å². The Labute approximate surface area is 289 Å². The topological polar surface area (TPSA) is 48.8 Å².